The van der Waals surface area contributed by atoms with Gasteiger partial charge in [-0.25, -0.2) is 0 Å². The van der Waals surface area contributed by atoms with Crippen LogP contribution in [0.4, 0.5) is 5.69 Å². The summed E-state index contributed by atoms with van der Waals surface area (Å²) in [5.74, 6) is 0.815. The average molecular weight is 298 g/mol. The topological polar surface area (TPSA) is 41.6 Å². The van der Waals surface area contributed by atoms with E-state index in [0.29, 0.717) is 6.42 Å². The Morgan fingerprint density at radius 1 is 1.14 bits per heavy atom. The van der Waals surface area contributed by atoms with Crippen LogP contribution in [0.25, 0.3) is 0 Å². The Morgan fingerprint density at radius 2 is 1.77 bits per heavy atom. The number of benzene rings is 2. The molecule has 1 amide bonds. The van der Waals surface area contributed by atoms with Gasteiger partial charge < -0.3 is 15.0 Å². The third-order valence-corrected chi connectivity index (χ3v) is 3.72. The molecule has 0 aliphatic heterocycles. The first-order chi connectivity index (χ1) is 10.7. The van der Waals surface area contributed by atoms with E-state index in [4.69, 9.17) is 4.74 Å². The second kappa shape index (κ2) is 7.61. The molecule has 0 aromatic heterocycles. The average Bonchev–Trinajstić information content (AvgIpc) is 2.59. The number of carbonyl (C=O) groups excluding carboxylic acids is 1. The second-order valence-corrected chi connectivity index (χ2v) is 5.13. The number of ether oxygens (including phenoxy) is 1. The minimum absolute atomic E-state index is 0.0384. The highest BCUT2D eigenvalue weighted by molar-refractivity contribution is 5.96. The molecule has 0 fully saturated rings. The van der Waals surface area contributed by atoms with Crippen molar-refractivity contribution in [1.82, 2.24) is 5.32 Å². The molecule has 0 aliphatic carbocycles. The number of carbonyl (C=O) groups is 1. The van der Waals surface area contributed by atoms with E-state index in [1.54, 1.807) is 19.1 Å². The van der Waals surface area contributed by atoms with Gasteiger partial charge in [-0.05, 0) is 43.3 Å². The van der Waals surface area contributed by atoms with E-state index in [9.17, 15) is 4.79 Å². The van der Waals surface area contributed by atoms with Crippen LogP contribution in [0.3, 0.4) is 0 Å². The predicted octanol–water partition coefficient (Wildman–Crippen LogP) is 2.49. The highest BCUT2D eigenvalue weighted by Crippen LogP contribution is 2.19. The van der Waals surface area contributed by atoms with E-state index in [0.717, 1.165) is 17.0 Å². The van der Waals surface area contributed by atoms with Crippen LogP contribution in [0, 0.1) is 0 Å². The van der Waals surface area contributed by atoms with Gasteiger partial charge >= 0.3 is 0 Å². The van der Waals surface area contributed by atoms with Crippen molar-refractivity contribution in [2.45, 2.75) is 12.5 Å². The van der Waals surface area contributed by atoms with Crippen LogP contribution in [0.2, 0.25) is 0 Å². The molecule has 0 aliphatic rings. The molecule has 4 heteroatoms. The van der Waals surface area contributed by atoms with Crippen LogP contribution >= 0.6 is 0 Å². The number of amides is 1. The molecule has 0 spiro atoms. The fourth-order valence-corrected chi connectivity index (χ4v) is 2.33. The quantitative estimate of drug-likeness (QED) is 0.891. The van der Waals surface area contributed by atoms with Crippen molar-refractivity contribution >= 4 is 11.6 Å². The van der Waals surface area contributed by atoms with Gasteiger partial charge in [-0.15, -0.1) is 0 Å². The van der Waals surface area contributed by atoms with Crippen LogP contribution in [0.1, 0.15) is 5.56 Å². The monoisotopic (exact) mass is 298 g/mol. The first-order valence-corrected chi connectivity index (χ1v) is 7.28. The second-order valence-electron chi connectivity index (χ2n) is 5.13. The number of likely N-dealkylation sites (N-methyl/N-ethyl adjacent to an activating group) is 2. The van der Waals surface area contributed by atoms with E-state index in [1.807, 2.05) is 61.6 Å². The fraction of sp³-hybridized carbons (Fsp3) is 0.278. The summed E-state index contributed by atoms with van der Waals surface area (Å²) >= 11 is 0. The Balaban J connectivity index is 2.09. The first kappa shape index (κ1) is 16.0. The fourth-order valence-electron chi connectivity index (χ4n) is 2.33. The number of hydrogen-bond donors (Lipinski definition) is 1. The van der Waals surface area contributed by atoms with E-state index >= 15 is 0 Å². The van der Waals surface area contributed by atoms with Gasteiger partial charge in [0.25, 0.3) is 0 Å². The van der Waals surface area contributed by atoms with Crippen LogP contribution in [-0.2, 0) is 11.2 Å². The van der Waals surface area contributed by atoms with Gasteiger partial charge in [-0.1, -0.05) is 30.3 Å². The molecule has 0 bridgehead atoms. The Hall–Kier alpha value is -2.33. The zero-order valence-electron chi connectivity index (χ0n) is 13.2. The molecule has 0 saturated carbocycles. The summed E-state index contributed by atoms with van der Waals surface area (Å²) in [6.07, 6.45) is 0.663. The minimum Gasteiger partial charge on any atom is -0.497 e. The molecule has 1 unspecified atom stereocenters. The lowest BCUT2D eigenvalue weighted by molar-refractivity contribution is -0.120. The van der Waals surface area contributed by atoms with E-state index in [2.05, 4.69) is 5.32 Å². The Morgan fingerprint density at radius 3 is 2.32 bits per heavy atom. The number of nitrogens with zero attached hydrogens (tertiary/aromatic N) is 1. The maximum Gasteiger partial charge on any atom is 0.244 e. The Bertz CT molecular complexity index is 596. The molecular weight excluding hydrogens is 276 g/mol. The number of nitrogens with one attached hydrogen (secondary N) is 1. The van der Waals surface area contributed by atoms with E-state index < -0.39 is 0 Å². The van der Waals surface area contributed by atoms with Gasteiger partial charge in [0.2, 0.25) is 5.91 Å². The lowest BCUT2D eigenvalue weighted by atomic mass is 10.0. The van der Waals surface area contributed by atoms with Crippen LogP contribution in [0.15, 0.2) is 54.6 Å². The van der Waals surface area contributed by atoms with Crippen molar-refractivity contribution < 1.29 is 9.53 Å². The normalized spacial score (nSPS) is 11.8. The number of hydrogen-bond acceptors (Lipinski definition) is 3. The summed E-state index contributed by atoms with van der Waals surface area (Å²) < 4.78 is 5.14. The van der Waals surface area contributed by atoms with Crippen molar-refractivity contribution in [2.75, 3.05) is 26.1 Å². The van der Waals surface area contributed by atoms with Crippen molar-refractivity contribution in [3.05, 3.63) is 60.2 Å². The van der Waals surface area contributed by atoms with Gasteiger partial charge in [-0.2, -0.15) is 0 Å². The molecule has 4 nitrogen and oxygen atoms in total. The molecule has 2 rings (SSSR count). The zero-order valence-corrected chi connectivity index (χ0v) is 13.2. The van der Waals surface area contributed by atoms with Gasteiger partial charge in [0.1, 0.15) is 5.75 Å². The third kappa shape index (κ3) is 3.86. The molecular formula is C18H22N2O2. The van der Waals surface area contributed by atoms with Gasteiger partial charge in [0, 0.05) is 12.7 Å². The van der Waals surface area contributed by atoms with E-state index in [1.165, 1.54) is 0 Å². The van der Waals surface area contributed by atoms with Crippen molar-refractivity contribution in [3.8, 4) is 5.75 Å². The highest BCUT2D eigenvalue weighted by Gasteiger charge is 2.21. The third-order valence-electron chi connectivity index (χ3n) is 3.72. The minimum atomic E-state index is -0.255. The molecule has 2 aromatic rings. The standard InChI is InChI=1S/C18H22N2O2/c1-19-17(13-14-7-5-4-6-8-14)18(21)20(2)15-9-11-16(22-3)12-10-15/h4-12,17,19H,13H2,1-3H3. The van der Waals surface area contributed by atoms with Crippen molar-refractivity contribution in [3.63, 3.8) is 0 Å². The maximum absolute atomic E-state index is 12.7. The Labute approximate surface area is 131 Å². The Kier molecular flexibility index (Phi) is 5.55. The number of anilines is 1. The van der Waals surface area contributed by atoms with Gasteiger partial charge in [0.15, 0.2) is 0 Å². The number of rotatable bonds is 6. The lowest BCUT2D eigenvalue weighted by Gasteiger charge is -2.24. The van der Waals surface area contributed by atoms with Crippen LogP contribution in [-0.4, -0.2) is 33.2 Å². The molecule has 116 valence electrons. The molecule has 0 heterocycles. The smallest absolute Gasteiger partial charge is 0.244 e. The zero-order chi connectivity index (χ0) is 15.9. The summed E-state index contributed by atoms with van der Waals surface area (Å²) in [6.45, 7) is 0. The van der Waals surface area contributed by atoms with E-state index in [-0.39, 0.29) is 11.9 Å². The van der Waals surface area contributed by atoms with Crippen LogP contribution in [0.5, 0.6) is 5.75 Å². The number of methoxy groups -OCH3 is 1. The molecule has 2 aromatic carbocycles. The predicted molar refractivity (Wildman–Crippen MR) is 89.4 cm³/mol. The lowest BCUT2D eigenvalue weighted by Crippen LogP contribution is -2.45. The van der Waals surface area contributed by atoms with Gasteiger partial charge in [-0.3, -0.25) is 4.79 Å². The SMILES string of the molecule is CNC(Cc1ccccc1)C(=O)N(C)c1ccc(OC)cc1. The van der Waals surface area contributed by atoms with Crippen molar-refractivity contribution in [2.24, 2.45) is 0 Å². The summed E-state index contributed by atoms with van der Waals surface area (Å²) in [6, 6.07) is 17.2. The highest BCUT2D eigenvalue weighted by atomic mass is 16.5. The summed E-state index contributed by atoms with van der Waals surface area (Å²) in [4.78, 5) is 14.3. The van der Waals surface area contributed by atoms with Gasteiger partial charge in [0.05, 0.1) is 13.2 Å². The first-order valence-electron chi connectivity index (χ1n) is 7.28. The molecule has 0 radical (unpaired) electrons. The van der Waals surface area contributed by atoms with Crippen molar-refractivity contribution in [1.29, 1.82) is 0 Å². The summed E-state index contributed by atoms with van der Waals surface area (Å²) in [5.41, 5.74) is 1.98. The largest absolute Gasteiger partial charge is 0.497 e. The molecule has 0 saturated heterocycles. The molecule has 22 heavy (non-hydrogen) atoms. The molecule has 1 atom stereocenters. The molecule has 1 N–H and O–H groups in total. The van der Waals surface area contributed by atoms with Crippen LogP contribution < -0.4 is 15.0 Å². The summed E-state index contributed by atoms with van der Waals surface area (Å²) in [7, 11) is 5.23. The maximum atomic E-state index is 12.7. The summed E-state index contributed by atoms with van der Waals surface area (Å²) in [5, 5.41) is 3.11.